The van der Waals surface area contributed by atoms with E-state index in [2.05, 4.69) is 5.32 Å². The number of rotatable bonds is 8. The summed E-state index contributed by atoms with van der Waals surface area (Å²) in [6.45, 7) is 4.31. The summed E-state index contributed by atoms with van der Waals surface area (Å²) in [5, 5.41) is 3.43. The molecule has 1 aromatic heterocycles. The molecule has 1 aliphatic rings. The number of thioether (sulfide) groups is 1. The highest BCUT2D eigenvalue weighted by molar-refractivity contribution is 8.00. The average molecular weight is 518 g/mol. The number of aryl methyl sites for hydroxylation is 1. The zero-order valence-electron chi connectivity index (χ0n) is 20.8. The Labute approximate surface area is 218 Å². The number of methoxy groups -OCH3 is 1. The van der Waals surface area contributed by atoms with E-state index in [0.717, 1.165) is 22.6 Å². The van der Waals surface area contributed by atoms with E-state index in [-0.39, 0.29) is 18.3 Å². The first-order valence-electron chi connectivity index (χ1n) is 12.0. The maximum atomic E-state index is 13.7. The first-order valence-corrected chi connectivity index (χ1v) is 12.8. The number of anilines is 1. The molecule has 0 unspecified atom stereocenters. The van der Waals surface area contributed by atoms with Crippen molar-refractivity contribution in [3.8, 4) is 17.2 Å². The second-order valence-electron chi connectivity index (χ2n) is 8.73. The summed E-state index contributed by atoms with van der Waals surface area (Å²) >= 11 is 1.28. The van der Waals surface area contributed by atoms with Gasteiger partial charge in [0.05, 0.1) is 29.8 Å². The maximum absolute atomic E-state index is 13.7. The van der Waals surface area contributed by atoms with Crippen molar-refractivity contribution >= 4 is 34.3 Å². The predicted octanol–water partition coefficient (Wildman–Crippen LogP) is 5.00. The third-order valence-corrected chi connectivity index (χ3v) is 7.46. The predicted molar refractivity (Wildman–Crippen MR) is 144 cm³/mol. The molecule has 3 aromatic carbocycles. The lowest BCUT2D eigenvalue weighted by Crippen LogP contribution is -2.28. The highest BCUT2D eigenvalue weighted by atomic mass is 32.2. The van der Waals surface area contributed by atoms with Crippen LogP contribution < -0.4 is 25.1 Å². The summed E-state index contributed by atoms with van der Waals surface area (Å²) in [4.78, 5) is 31.8. The molecule has 8 nitrogen and oxygen atoms in total. The minimum Gasteiger partial charge on any atom is -0.497 e. The molecule has 0 saturated heterocycles. The topological polar surface area (TPSA) is 91.7 Å². The highest BCUT2D eigenvalue weighted by Gasteiger charge is 2.24. The van der Waals surface area contributed by atoms with E-state index < -0.39 is 5.25 Å². The molecular weight excluding hydrogens is 490 g/mol. The van der Waals surface area contributed by atoms with Gasteiger partial charge in [0.15, 0.2) is 16.7 Å². The number of carbonyl (C=O) groups is 1. The quantitative estimate of drug-likeness (QED) is 0.260. The summed E-state index contributed by atoms with van der Waals surface area (Å²) in [7, 11) is 1.61. The maximum Gasteiger partial charge on any atom is 0.262 e. The number of benzene rings is 3. The molecular formula is C28H27N3O5S. The molecule has 2 heterocycles. The number of aromatic nitrogens is 2. The summed E-state index contributed by atoms with van der Waals surface area (Å²) in [5.74, 6) is 1.65. The Morgan fingerprint density at radius 3 is 2.59 bits per heavy atom. The smallest absolute Gasteiger partial charge is 0.262 e. The van der Waals surface area contributed by atoms with Crippen LogP contribution in [0.1, 0.15) is 24.5 Å². The largest absolute Gasteiger partial charge is 0.497 e. The van der Waals surface area contributed by atoms with Gasteiger partial charge in [-0.2, -0.15) is 0 Å². The number of amides is 1. The number of fused-ring (bicyclic) bond motifs is 2. The lowest BCUT2D eigenvalue weighted by Gasteiger charge is -2.18. The Kier molecular flexibility index (Phi) is 7.05. The fraction of sp³-hybridized carbons (Fsp3) is 0.250. The Morgan fingerprint density at radius 1 is 1.14 bits per heavy atom. The van der Waals surface area contributed by atoms with E-state index in [1.165, 1.54) is 11.8 Å². The van der Waals surface area contributed by atoms with Crippen LogP contribution in [0, 0.1) is 6.92 Å². The van der Waals surface area contributed by atoms with Crippen molar-refractivity contribution in [1.82, 2.24) is 9.55 Å². The van der Waals surface area contributed by atoms with E-state index in [4.69, 9.17) is 19.2 Å². The molecule has 1 N–H and O–H groups in total. The molecule has 0 bridgehead atoms. The van der Waals surface area contributed by atoms with Crippen molar-refractivity contribution in [2.45, 2.75) is 37.2 Å². The molecule has 1 amide bonds. The van der Waals surface area contributed by atoms with Crippen molar-refractivity contribution in [2.75, 3.05) is 19.2 Å². The van der Waals surface area contributed by atoms with Crippen LogP contribution in [0.5, 0.6) is 17.2 Å². The van der Waals surface area contributed by atoms with Crippen LogP contribution in [0.25, 0.3) is 10.9 Å². The van der Waals surface area contributed by atoms with Gasteiger partial charge in [-0.25, -0.2) is 4.98 Å². The molecule has 1 atom stereocenters. The number of nitrogens with zero attached hydrogens (tertiary/aromatic N) is 2. The average Bonchev–Trinajstić information content (AvgIpc) is 3.36. The molecule has 0 radical (unpaired) electrons. The fourth-order valence-electron chi connectivity index (χ4n) is 4.13. The molecule has 4 aromatic rings. The molecule has 1 aliphatic heterocycles. The monoisotopic (exact) mass is 517 g/mol. The third-order valence-electron chi connectivity index (χ3n) is 6.11. The summed E-state index contributed by atoms with van der Waals surface area (Å²) in [6.07, 6.45) is 0.555. The Hall–Kier alpha value is -3.98. The van der Waals surface area contributed by atoms with Gasteiger partial charge in [0.25, 0.3) is 5.56 Å². The molecule has 9 heteroatoms. The summed E-state index contributed by atoms with van der Waals surface area (Å²) in [6, 6.07) is 18.6. The van der Waals surface area contributed by atoms with Crippen LogP contribution in [0.4, 0.5) is 5.69 Å². The van der Waals surface area contributed by atoms with E-state index in [1.54, 1.807) is 23.8 Å². The fourth-order valence-corrected chi connectivity index (χ4v) is 5.14. The molecule has 0 saturated carbocycles. The number of carbonyl (C=O) groups excluding carboxylic acids is 1. The van der Waals surface area contributed by atoms with Gasteiger partial charge >= 0.3 is 0 Å². The van der Waals surface area contributed by atoms with Crippen molar-refractivity contribution < 1.29 is 19.0 Å². The van der Waals surface area contributed by atoms with Crippen LogP contribution in [-0.4, -0.2) is 34.6 Å². The minimum absolute atomic E-state index is 0.102. The normalized spacial score (nSPS) is 12.9. The SMILES string of the molecule is CC[C@@H](Sc1nc2cc3c(cc2c(=O)n1Cc1ccc(OC)cc1)OCO3)C(=O)Nc1cccc(C)c1. The number of nitrogens with one attached hydrogen (secondary N) is 1. The van der Waals surface area contributed by atoms with E-state index >= 15 is 0 Å². The second kappa shape index (κ2) is 10.6. The van der Waals surface area contributed by atoms with Crippen LogP contribution in [0.15, 0.2) is 70.6 Å². The highest BCUT2D eigenvalue weighted by Crippen LogP contribution is 2.35. The molecule has 0 fully saturated rings. The van der Waals surface area contributed by atoms with Crippen molar-refractivity contribution in [2.24, 2.45) is 0 Å². The summed E-state index contributed by atoms with van der Waals surface area (Å²) in [5.41, 5.74) is 2.98. The molecule has 0 aliphatic carbocycles. The lowest BCUT2D eigenvalue weighted by atomic mass is 10.2. The van der Waals surface area contributed by atoms with Gasteiger partial charge in [0.2, 0.25) is 12.7 Å². The van der Waals surface area contributed by atoms with Crippen LogP contribution in [0.3, 0.4) is 0 Å². The van der Waals surface area contributed by atoms with Crippen LogP contribution in [0.2, 0.25) is 0 Å². The minimum atomic E-state index is -0.457. The standard InChI is InChI=1S/C28H27N3O5S/c1-4-25(26(32)29-19-7-5-6-17(2)12-19)37-28-30-22-14-24-23(35-16-36-24)13-21(22)27(33)31(28)15-18-8-10-20(34-3)11-9-18/h5-14,25H,4,15-16H2,1-3H3,(H,29,32)/t25-/m1/s1. The van der Waals surface area contributed by atoms with Crippen LogP contribution >= 0.6 is 11.8 Å². The zero-order valence-corrected chi connectivity index (χ0v) is 21.6. The van der Waals surface area contributed by atoms with Crippen molar-refractivity contribution in [3.05, 3.63) is 82.1 Å². The van der Waals surface area contributed by atoms with Gasteiger partial charge in [-0.15, -0.1) is 0 Å². The second-order valence-corrected chi connectivity index (χ2v) is 9.90. The van der Waals surface area contributed by atoms with Crippen molar-refractivity contribution in [1.29, 1.82) is 0 Å². The number of hydrogen-bond acceptors (Lipinski definition) is 7. The summed E-state index contributed by atoms with van der Waals surface area (Å²) < 4.78 is 17.9. The Bertz CT molecular complexity index is 1520. The third kappa shape index (κ3) is 5.27. The number of hydrogen-bond donors (Lipinski definition) is 1. The van der Waals surface area contributed by atoms with Gasteiger partial charge in [0, 0.05) is 11.8 Å². The molecule has 37 heavy (non-hydrogen) atoms. The van der Waals surface area contributed by atoms with E-state index in [1.807, 2.05) is 62.4 Å². The zero-order chi connectivity index (χ0) is 25.9. The van der Waals surface area contributed by atoms with Gasteiger partial charge in [-0.3, -0.25) is 14.2 Å². The molecule has 5 rings (SSSR count). The van der Waals surface area contributed by atoms with Gasteiger partial charge in [0.1, 0.15) is 5.75 Å². The van der Waals surface area contributed by atoms with Crippen molar-refractivity contribution in [3.63, 3.8) is 0 Å². The van der Waals surface area contributed by atoms with E-state index in [9.17, 15) is 9.59 Å². The molecule has 190 valence electrons. The Morgan fingerprint density at radius 2 is 1.89 bits per heavy atom. The van der Waals surface area contributed by atoms with Gasteiger partial charge < -0.3 is 19.5 Å². The van der Waals surface area contributed by atoms with Gasteiger partial charge in [-0.05, 0) is 54.8 Å². The van der Waals surface area contributed by atoms with E-state index in [0.29, 0.717) is 40.5 Å². The Balaban J connectivity index is 1.53. The first kappa shape index (κ1) is 24.7. The molecule has 0 spiro atoms. The first-order chi connectivity index (χ1) is 17.9. The number of ether oxygens (including phenoxy) is 3. The van der Waals surface area contributed by atoms with Crippen LogP contribution in [-0.2, 0) is 11.3 Å². The lowest BCUT2D eigenvalue weighted by molar-refractivity contribution is -0.115. The van der Waals surface area contributed by atoms with Gasteiger partial charge in [-0.1, -0.05) is 43.0 Å².